The maximum absolute atomic E-state index is 12.2. The molecule has 2 aromatic rings. The fourth-order valence-electron chi connectivity index (χ4n) is 2.51. The van der Waals surface area contributed by atoms with E-state index < -0.39 is 10.0 Å². The molecule has 1 aliphatic carbocycles. The summed E-state index contributed by atoms with van der Waals surface area (Å²) in [5, 5.41) is 3.26. The van der Waals surface area contributed by atoms with E-state index in [2.05, 4.69) is 5.32 Å². The first-order valence-corrected chi connectivity index (χ1v) is 9.73. The molecule has 1 aliphatic rings. The summed E-state index contributed by atoms with van der Waals surface area (Å²) in [5.74, 6) is -0.271. The number of nitrogens with one attached hydrogen (secondary N) is 1. The molecule has 126 valence electrons. The summed E-state index contributed by atoms with van der Waals surface area (Å²) in [4.78, 5) is 12.2. The van der Waals surface area contributed by atoms with E-state index >= 15 is 0 Å². The number of hydrogen-bond acceptors (Lipinski definition) is 3. The Kier molecular flexibility index (Phi) is 4.51. The summed E-state index contributed by atoms with van der Waals surface area (Å²) >= 11 is 5.88. The molecule has 2 aromatic carbocycles. The lowest BCUT2D eigenvalue weighted by atomic mass is 10.2. The number of carbonyl (C=O) groups is 1. The van der Waals surface area contributed by atoms with Crippen molar-refractivity contribution in [1.29, 1.82) is 0 Å². The SMILES string of the molecule is CS(=O)(=O)N(c1ccc(NC(=O)c2cccc(Cl)c2)cc1)C1CC1. The van der Waals surface area contributed by atoms with Crippen LogP contribution in [0.25, 0.3) is 0 Å². The van der Waals surface area contributed by atoms with E-state index in [0.29, 0.717) is 22.0 Å². The fourth-order valence-corrected chi connectivity index (χ4v) is 3.95. The van der Waals surface area contributed by atoms with Gasteiger partial charge in [0.05, 0.1) is 11.9 Å². The Hall–Kier alpha value is -2.05. The van der Waals surface area contributed by atoms with E-state index in [9.17, 15) is 13.2 Å². The molecule has 1 N–H and O–H groups in total. The van der Waals surface area contributed by atoms with Crippen LogP contribution in [0.2, 0.25) is 5.02 Å². The molecule has 7 heteroatoms. The van der Waals surface area contributed by atoms with Crippen LogP contribution < -0.4 is 9.62 Å². The van der Waals surface area contributed by atoms with Gasteiger partial charge < -0.3 is 5.32 Å². The molecule has 5 nitrogen and oxygen atoms in total. The molecular formula is C17H17ClN2O3S. The average Bonchev–Trinajstić information content (AvgIpc) is 3.32. The second kappa shape index (κ2) is 6.45. The van der Waals surface area contributed by atoms with Gasteiger partial charge in [-0.1, -0.05) is 17.7 Å². The van der Waals surface area contributed by atoms with Gasteiger partial charge in [0.25, 0.3) is 5.91 Å². The number of amides is 1. The van der Waals surface area contributed by atoms with Crippen molar-refractivity contribution in [3.05, 3.63) is 59.1 Å². The van der Waals surface area contributed by atoms with Crippen molar-refractivity contribution in [3.63, 3.8) is 0 Å². The summed E-state index contributed by atoms with van der Waals surface area (Å²) < 4.78 is 25.3. The van der Waals surface area contributed by atoms with Crippen molar-refractivity contribution >= 4 is 38.9 Å². The van der Waals surface area contributed by atoms with Crippen LogP contribution in [0.4, 0.5) is 11.4 Å². The van der Waals surface area contributed by atoms with Gasteiger partial charge >= 0.3 is 0 Å². The number of anilines is 2. The fraction of sp³-hybridized carbons (Fsp3) is 0.235. The quantitative estimate of drug-likeness (QED) is 0.882. The Bertz CT molecular complexity index is 862. The minimum absolute atomic E-state index is 0.0481. The van der Waals surface area contributed by atoms with E-state index in [1.807, 2.05) is 0 Å². The van der Waals surface area contributed by atoms with E-state index in [0.717, 1.165) is 12.8 Å². The van der Waals surface area contributed by atoms with Crippen LogP contribution in [0.1, 0.15) is 23.2 Å². The predicted octanol–water partition coefficient (Wildman–Crippen LogP) is 3.52. The van der Waals surface area contributed by atoms with Crippen LogP contribution in [0, 0.1) is 0 Å². The number of sulfonamides is 1. The number of hydrogen-bond donors (Lipinski definition) is 1. The van der Waals surface area contributed by atoms with Gasteiger partial charge in [-0.15, -0.1) is 0 Å². The summed E-state index contributed by atoms with van der Waals surface area (Å²) in [6.07, 6.45) is 2.96. The molecule has 3 rings (SSSR count). The van der Waals surface area contributed by atoms with Gasteiger partial charge in [0, 0.05) is 22.3 Å². The molecule has 1 amide bonds. The molecule has 0 radical (unpaired) electrons. The molecule has 1 fully saturated rings. The monoisotopic (exact) mass is 364 g/mol. The largest absolute Gasteiger partial charge is 0.322 e. The lowest BCUT2D eigenvalue weighted by Gasteiger charge is -2.22. The maximum atomic E-state index is 12.2. The van der Waals surface area contributed by atoms with Gasteiger partial charge in [0.2, 0.25) is 10.0 Å². The Morgan fingerprint density at radius 2 is 1.83 bits per heavy atom. The molecule has 0 bridgehead atoms. The molecule has 1 saturated carbocycles. The van der Waals surface area contributed by atoms with Crippen LogP contribution >= 0.6 is 11.6 Å². The van der Waals surface area contributed by atoms with Gasteiger partial charge in [-0.25, -0.2) is 8.42 Å². The van der Waals surface area contributed by atoms with Gasteiger partial charge in [-0.05, 0) is 55.3 Å². The second-order valence-electron chi connectivity index (χ2n) is 5.80. The van der Waals surface area contributed by atoms with Gasteiger partial charge in [0.15, 0.2) is 0 Å². The molecular weight excluding hydrogens is 348 g/mol. The lowest BCUT2D eigenvalue weighted by Crippen LogP contribution is -2.31. The minimum atomic E-state index is -3.31. The van der Waals surface area contributed by atoms with Crippen molar-refractivity contribution < 1.29 is 13.2 Å². The number of benzene rings is 2. The van der Waals surface area contributed by atoms with Crippen LogP contribution in [-0.4, -0.2) is 26.6 Å². The number of rotatable bonds is 5. The van der Waals surface area contributed by atoms with Crippen molar-refractivity contribution in [1.82, 2.24) is 0 Å². The Morgan fingerprint density at radius 3 is 2.38 bits per heavy atom. The minimum Gasteiger partial charge on any atom is -0.322 e. The molecule has 0 aromatic heterocycles. The van der Waals surface area contributed by atoms with Crippen LogP contribution in [0.3, 0.4) is 0 Å². The van der Waals surface area contributed by atoms with E-state index in [4.69, 9.17) is 11.6 Å². The molecule has 0 unspecified atom stereocenters. The molecule has 0 aliphatic heterocycles. The molecule has 0 spiro atoms. The summed E-state index contributed by atoms with van der Waals surface area (Å²) in [6, 6.07) is 13.5. The number of carbonyl (C=O) groups excluding carboxylic acids is 1. The summed E-state index contributed by atoms with van der Waals surface area (Å²) in [6.45, 7) is 0. The summed E-state index contributed by atoms with van der Waals surface area (Å²) in [7, 11) is -3.31. The molecule has 0 heterocycles. The highest BCUT2D eigenvalue weighted by Crippen LogP contribution is 2.34. The first-order chi connectivity index (χ1) is 11.3. The average molecular weight is 365 g/mol. The van der Waals surface area contributed by atoms with Gasteiger partial charge in [0.1, 0.15) is 0 Å². The second-order valence-corrected chi connectivity index (χ2v) is 8.10. The standard InChI is InChI=1S/C17H17ClN2O3S/c1-24(22,23)20(16-9-10-16)15-7-5-14(6-8-15)19-17(21)12-3-2-4-13(18)11-12/h2-8,11,16H,9-10H2,1H3,(H,19,21). The smallest absolute Gasteiger partial charge is 0.255 e. The normalized spacial score (nSPS) is 14.2. The lowest BCUT2D eigenvalue weighted by molar-refractivity contribution is 0.102. The highest BCUT2D eigenvalue weighted by molar-refractivity contribution is 7.92. The zero-order valence-corrected chi connectivity index (χ0v) is 14.6. The number of halogens is 1. The predicted molar refractivity (Wildman–Crippen MR) is 96.2 cm³/mol. The summed E-state index contributed by atoms with van der Waals surface area (Å²) in [5.41, 5.74) is 1.66. The molecule has 0 saturated heterocycles. The highest BCUT2D eigenvalue weighted by Gasteiger charge is 2.35. The molecule has 0 atom stereocenters. The van der Waals surface area contributed by atoms with E-state index in [1.54, 1.807) is 48.5 Å². The van der Waals surface area contributed by atoms with Crippen LogP contribution in [0.15, 0.2) is 48.5 Å². The topological polar surface area (TPSA) is 66.5 Å². The molecule has 24 heavy (non-hydrogen) atoms. The van der Waals surface area contributed by atoms with Gasteiger partial charge in [-0.3, -0.25) is 9.10 Å². The highest BCUT2D eigenvalue weighted by atomic mass is 35.5. The Balaban J connectivity index is 1.76. The van der Waals surface area contributed by atoms with Crippen molar-refractivity contribution in [3.8, 4) is 0 Å². The Labute approximate surface area is 146 Å². The third-order valence-corrected chi connectivity index (χ3v) is 5.16. The van der Waals surface area contributed by atoms with Crippen LogP contribution in [0.5, 0.6) is 0 Å². The van der Waals surface area contributed by atoms with Crippen molar-refractivity contribution in [2.75, 3.05) is 15.9 Å². The van der Waals surface area contributed by atoms with Crippen LogP contribution in [-0.2, 0) is 10.0 Å². The van der Waals surface area contributed by atoms with Crippen molar-refractivity contribution in [2.24, 2.45) is 0 Å². The third-order valence-electron chi connectivity index (χ3n) is 3.70. The van der Waals surface area contributed by atoms with Gasteiger partial charge in [-0.2, -0.15) is 0 Å². The van der Waals surface area contributed by atoms with Crippen molar-refractivity contribution in [2.45, 2.75) is 18.9 Å². The number of nitrogens with zero attached hydrogens (tertiary/aromatic N) is 1. The van der Waals surface area contributed by atoms with E-state index in [-0.39, 0.29) is 11.9 Å². The maximum Gasteiger partial charge on any atom is 0.255 e. The zero-order chi connectivity index (χ0) is 17.3. The first-order valence-electron chi connectivity index (χ1n) is 7.51. The Morgan fingerprint density at radius 1 is 1.17 bits per heavy atom. The third kappa shape index (κ3) is 3.88. The zero-order valence-electron chi connectivity index (χ0n) is 13.1. The first kappa shape index (κ1) is 16.8. The van der Waals surface area contributed by atoms with E-state index in [1.165, 1.54) is 10.6 Å².